The number of rotatable bonds is 4. The van der Waals surface area contributed by atoms with Crippen molar-refractivity contribution in [3.05, 3.63) is 17.0 Å². The van der Waals surface area contributed by atoms with Crippen LogP contribution in [0.3, 0.4) is 0 Å². The minimum Gasteiger partial charge on any atom is -0.352 e. The number of carbonyl (C=O) groups is 1. The number of fused-ring (bicyclic) bond motifs is 5. The van der Waals surface area contributed by atoms with Gasteiger partial charge in [0.05, 0.1) is 6.42 Å². The standard InChI is InChI=1S/C14H16ClNO3S2/c15-21(18,19)11-4-3-9(20-11)6-10(17)16-14-12-7-1-2-8(5-7)13(12)14/h3-4,7-8,12-14H,1-2,5-6H2,(H,16,17). The average Bonchev–Trinajstić information content (AvgIpc) is 2.83. The Morgan fingerprint density at radius 3 is 2.52 bits per heavy atom. The highest BCUT2D eigenvalue weighted by Gasteiger charge is 2.65. The Morgan fingerprint density at radius 1 is 1.29 bits per heavy atom. The monoisotopic (exact) mass is 345 g/mol. The van der Waals surface area contributed by atoms with Crippen LogP contribution in [0.5, 0.6) is 0 Å². The van der Waals surface area contributed by atoms with Crippen molar-refractivity contribution in [2.24, 2.45) is 23.7 Å². The van der Waals surface area contributed by atoms with Crippen molar-refractivity contribution in [1.29, 1.82) is 0 Å². The molecule has 0 aromatic carbocycles. The molecule has 0 saturated heterocycles. The zero-order valence-corrected chi connectivity index (χ0v) is 13.7. The van der Waals surface area contributed by atoms with Crippen LogP contribution in [0.15, 0.2) is 16.3 Å². The first-order valence-electron chi connectivity index (χ1n) is 7.26. The molecule has 0 spiro atoms. The van der Waals surface area contributed by atoms with E-state index in [9.17, 15) is 13.2 Å². The summed E-state index contributed by atoms with van der Waals surface area (Å²) in [6, 6.07) is 3.50. The lowest BCUT2D eigenvalue weighted by Gasteiger charge is -2.10. The molecule has 1 N–H and O–H groups in total. The van der Waals surface area contributed by atoms with Crippen LogP contribution in [0.2, 0.25) is 0 Å². The van der Waals surface area contributed by atoms with E-state index in [1.165, 1.54) is 25.3 Å². The molecule has 114 valence electrons. The van der Waals surface area contributed by atoms with Gasteiger partial charge in [0.1, 0.15) is 4.21 Å². The predicted octanol–water partition coefficient (Wildman–Crippen LogP) is 2.38. The van der Waals surface area contributed by atoms with E-state index in [4.69, 9.17) is 10.7 Å². The second-order valence-corrected chi connectivity index (χ2v) is 10.4. The Morgan fingerprint density at radius 2 is 1.95 bits per heavy atom. The number of hydrogen-bond acceptors (Lipinski definition) is 4. The SMILES string of the molecule is O=C(Cc1ccc(S(=O)(=O)Cl)s1)NC1C2C3CCC(C3)C12. The van der Waals surface area contributed by atoms with Crippen LogP contribution in [0, 0.1) is 23.7 Å². The highest BCUT2D eigenvalue weighted by atomic mass is 35.7. The number of thiophene rings is 1. The maximum atomic E-state index is 12.1. The summed E-state index contributed by atoms with van der Waals surface area (Å²) in [6.45, 7) is 0. The van der Waals surface area contributed by atoms with Gasteiger partial charge in [0.15, 0.2) is 0 Å². The molecule has 1 aromatic rings. The molecule has 7 heteroatoms. The number of hydrogen-bond donors (Lipinski definition) is 1. The summed E-state index contributed by atoms with van der Waals surface area (Å²) < 4.78 is 22.5. The Labute approximate surface area is 132 Å². The molecule has 4 nitrogen and oxygen atoms in total. The summed E-state index contributed by atoms with van der Waals surface area (Å²) in [6.07, 6.45) is 4.27. The Kier molecular flexibility index (Phi) is 3.14. The van der Waals surface area contributed by atoms with Crippen molar-refractivity contribution in [3.8, 4) is 0 Å². The molecule has 3 saturated carbocycles. The summed E-state index contributed by atoms with van der Waals surface area (Å²) in [5.74, 6) is 3.10. The molecule has 2 bridgehead atoms. The maximum Gasteiger partial charge on any atom is 0.270 e. The van der Waals surface area contributed by atoms with Crippen LogP contribution in [0.4, 0.5) is 0 Å². The summed E-state index contributed by atoms with van der Waals surface area (Å²) in [5.41, 5.74) is 0. The summed E-state index contributed by atoms with van der Waals surface area (Å²) >= 11 is 1.07. The lowest BCUT2D eigenvalue weighted by Crippen LogP contribution is -2.30. The molecule has 4 atom stereocenters. The van der Waals surface area contributed by atoms with Gasteiger partial charge >= 0.3 is 0 Å². The number of amides is 1. The predicted molar refractivity (Wildman–Crippen MR) is 80.8 cm³/mol. The lowest BCUT2D eigenvalue weighted by molar-refractivity contribution is -0.120. The fraction of sp³-hybridized carbons (Fsp3) is 0.643. The van der Waals surface area contributed by atoms with Crippen LogP contribution >= 0.6 is 22.0 Å². The normalized spacial score (nSPS) is 36.5. The van der Waals surface area contributed by atoms with Crippen molar-refractivity contribution in [3.63, 3.8) is 0 Å². The minimum absolute atomic E-state index is 0.00540. The van der Waals surface area contributed by atoms with Crippen LogP contribution in [-0.2, 0) is 20.3 Å². The first kappa shape index (κ1) is 14.0. The van der Waals surface area contributed by atoms with Gasteiger partial charge in [-0.05, 0) is 55.1 Å². The van der Waals surface area contributed by atoms with E-state index in [1.807, 2.05) is 0 Å². The van der Waals surface area contributed by atoms with Crippen LogP contribution < -0.4 is 5.32 Å². The van der Waals surface area contributed by atoms with Gasteiger partial charge < -0.3 is 5.32 Å². The third-order valence-electron chi connectivity index (χ3n) is 5.28. The fourth-order valence-electron chi connectivity index (χ4n) is 4.50. The molecule has 1 heterocycles. The van der Waals surface area contributed by atoms with Crippen LogP contribution in [-0.4, -0.2) is 20.4 Å². The van der Waals surface area contributed by atoms with Gasteiger partial charge in [0.2, 0.25) is 5.91 Å². The van der Waals surface area contributed by atoms with E-state index < -0.39 is 9.05 Å². The molecule has 1 aromatic heterocycles. The maximum absolute atomic E-state index is 12.1. The molecular formula is C14H16ClNO3S2. The average molecular weight is 346 g/mol. The zero-order valence-electron chi connectivity index (χ0n) is 11.3. The zero-order chi connectivity index (χ0) is 14.8. The second-order valence-electron chi connectivity index (χ2n) is 6.42. The number of nitrogens with one attached hydrogen (secondary N) is 1. The van der Waals surface area contributed by atoms with Crippen molar-refractivity contribution in [1.82, 2.24) is 5.32 Å². The Hall–Kier alpha value is -0.590. The van der Waals surface area contributed by atoms with E-state index in [1.54, 1.807) is 6.07 Å². The van der Waals surface area contributed by atoms with Gasteiger partial charge in [-0.1, -0.05) is 0 Å². The van der Waals surface area contributed by atoms with Crippen molar-refractivity contribution in [2.75, 3.05) is 0 Å². The summed E-state index contributed by atoms with van der Waals surface area (Å²) in [4.78, 5) is 12.8. The summed E-state index contributed by atoms with van der Waals surface area (Å²) in [5, 5.41) is 3.14. The van der Waals surface area contributed by atoms with Gasteiger partial charge in [0, 0.05) is 21.6 Å². The van der Waals surface area contributed by atoms with E-state index in [0.717, 1.165) is 39.9 Å². The highest BCUT2D eigenvalue weighted by molar-refractivity contribution is 8.15. The molecule has 3 aliphatic rings. The number of carbonyl (C=O) groups excluding carboxylic acids is 1. The molecule has 1 amide bonds. The molecule has 3 aliphatic carbocycles. The molecule has 4 rings (SSSR count). The lowest BCUT2D eigenvalue weighted by atomic mass is 10.0. The molecule has 21 heavy (non-hydrogen) atoms. The topological polar surface area (TPSA) is 63.2 Å². The Balaban J connectivity index is 1.36. The highest BCUT2D eigenvalue weighted by Crippen LogP contribution is 2.65. The smallest absolute Gasteiger partial charge is 0.270 e. The summed E-state index contributed by atoms with van der Waals surface area (Å²) in [7, 11) is 1.60. The largest absolute Gasteiger partial charge is 0.352 e. The first-order chi connectivity index (χ1) is 9.93. The fourth-order valence-corrected chi connectivity index (χ4v) is 6.62. The van der Waals surface area contributed by atoms with E-state index in [2.05, 4.69) is 5.32 Å². The molecule has 0 aliphatic heterocycles. The quantitative estimate of drug-likeness (QED) is 0.852. The molecular weight excluding hydrogens is 330 g/mol. The van der Waals surface area contributed by atoms with Gasteiger partial charge in [-0.15, -0.1) is 11.3 Å². The Bertz CT molecular complexity index is 683. The van der Waals surface area contributed by atoms with Crippen molar-refractivity contribution < 1.29 is 13.2 Å². The van der Waals surface area contributed by atoms with Crippen LogP contribution in [0.1, 0.15) is 24.1 Å². The van der Waals surface area contributed by atoms with Gasteiger partial charge in [-0.25, -0.2) is 8.42 Å². The third-order valence-corrected chi connectivity index (χ3v) is 8.45. The van der Waals surface area contributed by atoms with E-state index in [-0.39, 0.29) is 16.5 Å². The minimum atomic E-state index is -3.69. The number of halogens is 1. The van der Waals surface area contributed by atoms with Crippen molar-refractivity contribution in [2.45, 2.75) is 35.9 Å². The molecule has 4 unspecified atom stereocenters. The third kappa shape index (κ3) is 2.41. The molecule has 0 radical (unpaired) electrons. The van der Waals surface area contributed by atoms with Crippen molar-refractivity contribution >= 4 is 37.0 Å². The van der Waals surface area contributed by atoms with Gasteiger partial charge in [-0.3, -0.25) is 4.79 Å². The van der Waals surface area contributed by atoms with E-state index >= 15 is 0 Å². The molecule has 3 fully saturated rings. The van der Waals surface area contributed by atoms with Crippen LogP contribution in [0.25, 0.3) is 0 Å². The first-order valence-corrected chi connectivity index (χ1v) is 10.4. The van der Waals surface area contributed by atoms with E-state index in [0.29, 0.717) is 6.04 Å². The van der Waals surface area contributed by atoms with Gasteiger partial charge in [-0.2, -0.15) is 0 Å². The van der Waals surface area contributed by atoms with Gasteiger partial charge in [0.25, 0.3) is 9.05 Å². The second kappa shape index (κ2) is 4.70.